The molecular weight excluding hydrogens is 536 g/mol. The van der Waals surface area contributed by atoms with Gasteiger partial charge in [0.1, 0.15) is 0 Å². The Bertz CT molecular complexity index is 1320. The van der Waals surface area contributed by atoms with Gasteiger partial charge in [0.15, 0.2) is 0 Å². The molecule has 0 amide bonds. The minimum Gasteiger partial charge on any atom is -1.00 e. The second kappa shape index (κ2) is 12.5. The Hall–Kier alpha value is -2.25. The molecule has 1 heterocycles. The zero-order valence-electron chi connectivity index (χ0n) is 19.3. The Morgan fingerprint density at radius 3 is 2.15 bits per heavy atom. The second-order valence-electron chi connectivity index (χ2n) is 8.23. The average molecular weight is 563 g/mol. The van der Waals surface area contributed by atoms with Crippen LogP contribution in [0.5, 0.6) is 0 Å². The number of rotatable bonds is 2. The van der Waals surface area contributed by atoms with Gasteiger partial charge in [-0.3, -0.25) is 0 Å². The molecule has 1 radical (unpaired) electrons. The van der Waals surface area contributed by atoms with Crippen molar-refractivity contribution in [1.29, 1.82) is 0 Å². The van der Waals surface area contributed by atoms with Gasteiger partial charge >= 0.3 is 26.2 Å². The summed E-state index contributed by atoms with van der Waals surface area (Å²) in [6.07, 6.45) is 6.79. The van der Waals surface area contributed by atoms with E-state index in [1.807, 2.05) is 0 Å². The molecule has 0 unspecified atom stereocenters. The van der Waals surface area contributed by atoms with Crippen LogP contribution < -0.4 is 29.7 Å². The Balaban J connectivity index is 0.000000221. The normalized spacial score (nSPS) is 13.2. The van der Waals surface area contributed by atoms with Crippen LogP contribution in [0.2, 0.25) is 0 Å². The molecule has 1 aliphatic heterocycles. The summed E-state index contributed by atoms with van der Waals surface area (Å²) in [7, 11) is 0. The van der Waals surface area contributed by atoms with Gasteiger partial charge in [-0.05, 0) is 41.8 Å². The van der Waals surface area contributed by atoms with E-state index in [0.29, 0.717) is 0 Å². The molecule has 4 heteroatoms. The summed E-state index contributed by atoms with van der Waals surface area (Å²) in [4.78, 5) is 2.35. The average Bonchev–Trinajstić information content (AvgIpc) is 3.47. The first-order valence-corrected chi connectivity index (χ1v) is 10.8. The first-order valence-electron chi connectivity index (χ1n) is 10.8. The van der Waals surface area contributed by atoms with Crippen molar-refractivity contribution in [2.45, 2.75) is 13.8 Å². The maximum Gasteiger partial charge on any atom is 3.00 e. The number of benzene rings is 3. The molecular formula is C30H26Cl2NZr. The molecule has 169 valence electrons. The topological polar surface area (TPSA) is 3.24 Å². The monoisotopic (exact) mass is 560 g/mol. The number of nitrogens with zero attached hydrogens (tertiary/aromatic N) is 1. The van der Waals surface area contributed by atoms with Gasteiger partial charge in [-0.1, -0.05) is 79.2 Å². The second-order valence-corrected chi connectivity index (χ2v) is 8.23. The molecule has 34 heavy (non-hydrogen) atoms. The summed E-state index contributed by atoms with van der Waals surface area (Å²) in [6.45, 7) is 5.29. The largest absolute Gasteiger partial charge is 3.00 e. The van der Waals surface area contributed by atoms with Gasteiger partial charge in [-0.15, -0.1) is 34.5 Å². The molecule has 2 aliphatic rings. The smallest absolute Gasteiger partial charge is 1.00 e. The zero-order valence-corrected chi connectivity index (χ0v) is 23.3. The Kier molecular flexibility index (Phi) is 10.3. The summed E-state index contributed by atoms with van der Waals surface area (Å²) >= 11 is 0. The van der Waals surface area contributed by atoms with Crippen molar-refractivity contribution in [3.8, 4) is 11.1 Å². The van der Waals surface area contributed by atoms with Crippen molar-refractivity contribution in [1.82, 2.24) is 0 Å². The number of para-hydroxylation sites is 1. The number of hydrogen-bond donors (Lipinski definition) is 0. The van der Waals surface area contributed by atoms with E-state index in [1.54, 1.807) is 0 Å². The van der Waals surface area contributed by atoms with Gasteiger partial charge in [0.05, 0.1) is 0 Å². The molecule has 4 aromatic rings. The van der Waals surface area contributed by atoms with E-state index in [1.165, 1.54) is 50.0 Å². The molecule has 0 atom stereocenters. The summed E-state index contributed by atoms with van der Waals surface area (Å²) in [5.74, 6) is 0. The molecule has 4 aromatic carbocycles. The van der Waals surface area contributed by atoms with Crippen LogP contribution in [0.3, 0.4) is 0 Å². The first kappa shape index (κ1) is 28.0. The van der Waals surface area contributed by atoms with Crippen molar-refractivity contribution in [3.63, 3.8) is 0 Å². The number of aryl methyl sites for hydroxylation is 1. The summed E-state index contributed by atoms with van der Waals surface area (Å²) in [5, 5.41) is 2.69. The van der Waals surface area contributed by atoms with Crippen LogP contribution >= 0.6 is 0 Å². The van der Waals surface area contributed by atoms with Gasteiger partial charge in [-0.25, -0.2) is 0 Å². The number of anilines is 1. The van der Waals surface area contributed by atoms with Crippen molar-refractivity contribution < 1.29 is 51.0 Å². The van der Waals surface area contributed by atoms with Crippen molar-refractivity contribution in [3.05, 3.63) is 132 Å². The van der Waals surface area contributed by atoms with E-state index in [-0.39, 0.29) is 51.0 Å². The number of halogens is 2. The Labute approximate surface area is 234 Å². The van der Waals surface area contributed by atoms with Crippen LogP contribution in [0.25, 0.3) is 21.9 Å². The first-order chi connectivity index (χ1) is 15.2. The van der Waals surface area contributed by atoms with Crippen molar-refractivity contribution in [2.75, 3.05) is 11.4 Å². The third-order valence-electron chi connectivity index (χ3n) is 5.88. The molecule has 6 rings (SSSR count). The van der Waals surface area contributed by atoms with Crippen LogP contribution in [0, 0.1) is 6.92 Å². The van der Waals surface area contributed by atoms with Gasteiger partial charge < -0.3 is 29.7 Å². The fourth-order valence-corrected chi connectivity index (χ4v) is 4.45. The summed E-state index contributed by atoms with van der Waals surface area (Å²) < 4.78 is 0. The van der Waals surface area contributed by atoms with Crippen molar-refractivity contribution >= 4 is 16.5 Å². The quantitative estimate of drug-likeness (QED) is 0.337. The van der Waals surface area contributed by atoms with E-state index >= 15 is 0 Å². The molecule has 0 aromatic heterocycles. The van der Waals surface area contributed by atoms with Gasteiger partial charge in [0, 0.05) is 17.9 Å². The van der Waals surface area contributed by atoms with E-state index < -0.39 is 0 Å². The fourth-order valence-electron chi connectivity index (χ4n) is 4.45. The van der Waals surface area contributed by atoms with Gasteiger partial charge in [0.25, 0.3) is 0 Å². The van der Waals surface area contributed by atoms with E-state index in [2.05, 4.69) is 128 Å². The molecule has 0 fully saturated rings. The van der Waals surface area contributed by atoms with Crippen LogP contribution in [-0.4, -0.2) is 6.54 Å². The Morgan fingerprint density at radius 2 is 1.44 bits per heavy atom. The molecule has 1 nitrogen and oxygen atoms in total. The van der Waals surface area contributed by atoms with Crippen LogP contribution in [-0.2, 0) is 26.2 Å². The van der Waals surface area contributed by atoms with E-state index in [4.69, 9.17) is 0 Å². The van der Waals surface area contributed by atoms with E-state index in [9.17, 15) is 0 Å². The molecule has 0 saturated heterocycles. The molecule has 1 aliphatic carbocycles. The minimum atomic E-state index is 0. The maximum absolute atomic E-state index is 2.35. The van der Waals surface area contributed by atoms with Gasteiger partial charge in [0.2, 0.25) is 0 Å². The van der Waals surface area contributed by atoms with E-state index in [0.717, 1.165) is 6.54 Å². The van der Waals surface area contributed by atoms with Gasteiger partial charge in [-0.2, -0.15) is 6.07 Å². The number of allylic oxidation sites excluding steroid dienone is 3. The molecule has 0 bridgehead atoms. The third-order valence-corrected chi connectivity index (χ3v) is 5.88. The van der Waals surface area contributed by atoms with Crippen LogP contribution in [0.15, 0.2) is 126 Å². The van der Waals surface area contributed by atoms with Crippen molar-refractivity contribution in [2.24, 2.45) is 0 Å². The summed E-state index contributed by atoms with van der Waals surface area (Å²) in [5.41, 5.74) is 9.29. The predicted molar refractivity (Wildman–Crippen MR) is 133 cm³/mol. The standard InChI is InChI=1S/C16H13.C14H13N.2ClH.Zr/c1-12-10-14-8-5-9-15(16(14)11-12)13-6-3-2-4-7-13;1-11-9-12-7-8-15(14(12)10-11)13-5-3-2-4-6-13;;;/h2-11H,1H3;2-7,9-10H,8H2,1H3;2*1H;/q-1;;;;+3/p-2. The third kappa shape index (κ3) is 5.87. The number of hydrogen-bond acceptors (Lipinski definition) is 1. The molecule has 0 saturated carbocycles. The maximum atomic E-state index is 2.35. The fraction of sp³-hybridized carbons (Fsp3) is 0.100. The number of fused-ring (bicyclic) bond motifs is 2. The van der Waals surface area contributed by atoms with Crippen LogP contribution in [0.4, 0.5) is 5.69 Å². The molecule has 0 N–H and O–H groups in total. The summed E-state index contributed by atoms with van der Waals surface area (Å²) in [6, 6.07) is 32.1. The van der Waals surface area contributed by atoms with Crippen LogP contribution in [0.1, 0.15) is 12.5 Å². The minimum absolute atomic E-state index is 0. The Morgan fingerprint density at radius 1 is 0.765 bits per heavy atom. The molecule has 0 spiro atoms. The zero-order chi connectivity index (χ0) is 21.2. The predicted octanol–water partition coefficient (Wildman–Crippen LogP) is 1.82. The SMILES string of the molecule is CC1=CC2=CCN(c3ccccc3)C2=C1.Cc1cc2c(-c3ccccc3)cccc2[cH-]1.[Cl-].[Cl-].[Zr+3].